The van der Waals surface area contributed by atoms with E-state index < -0.39 is 86.3 Å². The molecule has 0 radical (unpaired) electrons. The second-order valence-electron chi connectivity index (χ2n) is 11.7. The number of nitrogens with one attached hydrogen (secondary N) is 2. The van der Waals surface area contributed by atoms with Crippen molar-refractivity contribution in [2.24, 2.45) is 11.8 Å². The molecule has 0 spiro atoms. The monoisotopic (exact) mass is 662 g/mol. The summed E-state index contributed by atoms with van der Waals surface area (Å²) in [6.45, 7) is -1.61. The van der Waals surface area contributed by atoms with Crippen LogP contribution in [0.5, 0.6) is 5.88 Å². The summed E-state index contributed by atoms with van der Waals surface area (Å²) >= 11 is 0. The maximum atomic E-state index is 14.0. The SMILES string of the molecule is O=C(CCC(F)(F)F)N[C@@H](c1cnn2cc([C@@H](NC(=O)c3cccc(OCC(F)(F)F)n3)C3CCC(F)(F)CC3)nc2c1)C1CC1. The van der Waals surface area contributed by atoms with Gasteiger partial charge in [-0.05, 0) is 55.2 Å². The van der Waals surface area contributed by atoms with Crippen LogP contribution >= 0.6 is 0 Å². The van der Waals surface area contributed by atoms with Crippen LogP contribution < -0.4 is 15.4 Å². The molecular formula is C29H30F8N6O3. The maximum Gasteiger partial charge on any atom is 0.422 e. The molecule has 3 heterocycles. The van der Waals surface area contributed by atoms with Gasteiger partial charge in [0.1, 0.15) is 5.69 Å². The van der Waals surface area contributed by atoms with Gasteiger partial charge in [0.25, 0.3) is 5.91 Å². The number of carbonyl (C=O) groups is 2. The van der Waals surface area contributed by atoms with Gasteiger partial charge in [-0.25, -0.2) is 23.3 Å². The lowest BCUT2D eigenvalue weighted by Gasteiger charge is -2.33. The fourth-order valence-corrected chi connectivity index (χ4v) is 5.46. The molecule has 5 rings (SSSR count). The van der Waals surface area contributed by atoms with E-state index >= 15 is 0 Å². The number of fused-ring (bicyclic) bond motifs is 1. The van der Waals surface area contributed by atoms with Gasteiger partial charge in [0.15, 0.2) is 12.3 Å². The minimum atomic E-state index is -4.62. The average molecular weight is 663 g/mol. The van der Waals surface area contributed by atoms with Crippen molar-refractivity contribution in [2.45, 2.75) is 81.7 Å². The lowest BCUT2D eigenvalue weighted by atomic mass is 9.81. The number of aromatic nitrogens is 4. The molecule has 3 aromatic rings. The van der Waals surface area contributed by atoms with Crippen molar-refractivity contribution in [1.29, 1.82) is 0 Å². The Kier molecular flexibility index (Phi) is 9.40. The highest BCUT2D eigenvalue weighted by molar-refractivity contribution is 5.92. The zero-order valence-electron chi connectivity index (χ0n) is 24.2. The minimum Gasteiger partial charge on any atom is -0.468 e. The number of amides is 2. The third kappa shape index (κ3) is 9.02. The fraction of sp³-hybridized carbons (Fsp3) is 0.552. The first kappa shape index (κ1) is 33.3. The van der Waals surface area contributed by atoms with Gasteiger partial charge in [-0.3, -0.25) is 9.59 Å². The minimum absolute atomic E-state index is 0.00726. The molecule has 2 aliphatic rings. The number of nitrogens with zero attached hydrogens (tertiary/aromatic N) is 4. The molecular weight excluding hydrogens is 632 g/mol. The second-order valence-corrected chi connectivity index (χ2v) is 11.7. The lowest BCUT2D eigenvalue weighted by Crippen LogP contribution is -2.37. The third-order valence-corrected chi connectivity index (χ3v) is 7.94. The zero-order chi connectivity index (χ0) is 33.3. The van der Waals surface area contributed by atoms with Gasteiger partial charge in [-0.2, -0.15) is 31.4 Å². The normalized spacial score (nSPS) is 18.6. The summed E-state index contributed by atoms with van der Waals surface area (Å²) in [5.41, 5.74) is 0.812. The molecule has 250 valence electrons. The van der Waals surface area contributed by atoms with Crippen LogP contribution in [0.1, 0.15) is 85.2 Å². The molecule has 0 aromatic carbocycles. The van der Waals surface area contributed by atoms with Crippen LogP contribution in [0.2, 0.25) is 0 Å². The number of halogens is 8. The zero-order valence-corrected chi connectivity index (χ0v) is 24.2. The predicted molar refractivity (Wildman–Crippen MR) is 145 cm³/mol. The van der Waals surface area contributed by atoms with Gasteiger partial charge >= 0.3 is 12.4 Å². The Morgan fingerprint density at radius 3 is 2.30 bits per heavy atom. The van der Waals surface area contributed by atoms with Crippen molar-refractivity contribution in [3.05, 3.63) is 53.6 Å². The standard InChI is InChI=1S/C29H30F8N6O3/c30-27(31)9-6-17(7-10-27)25(42-26(45)19-2-1-3-23(40-19)46-15-29(35,36)37)20-14-43-21(39-20)12-18(13-38-43)24(16-4-5-16)41-22(44)8-11-28(32,33)34/h1-3,12-14,16-17,24-25H,4-11,15H2,(H,41,44)(H,42,45)/t24-,25+/m1/s1. The Bertz CT molecular complexity index is 1550. The molecule has 2 aliphatic carbocycles. The Hall–Kier alpha value is -4.05. The highest BCUT2D eigenvalue weighted by atomic mass is 19.4. The van der Waals surface area contributed by atoms with E-state index in [0.29, 0.717) is 5.56 Å². The molecule has 2 N–H and O–H groups in total. The predicted octanol–water partition coefficient (Wildman–Crippen LogP) is 6.27. The number of rotatable bonds is 11. The fourth-order valence-electron chi connectivity index (χ4n) is 5.46. The van der Waals surface area contributed by atoms with Gasteiger partial charge < -0.3 is 15.4 Å². The van der Waals surface area contributed by atoms with Gasteiger partial charge in [-0.15, -0.1) is 0 Å². The number of alkyl halides is 8. The van der Waals surface area contributed by atoms with Gasteiger partial charge in [0.05, 0.1) is 36.6 Å². The summed E-state index contributed by atoms with van der Waals surface area (Å²) < 4.78 is 110. The van der Waals surface area contributed by atoms with Crippen molar-refractivity contribution in [3.63, 3.8) is 0 Å². The van der Waals surface area contributed by atoms with Crippen LogP contribution in [0.3, 0.4) is 0 Å². The molecule has 17 heteroatoms. The van der Waals surface area contributed by atoms with E-state index in [4.69, 9.17) is 0 Å². The lowest BCUT2D eigenvalue weighted by molar-refractivity contribution is -0.154. The quantitative estimate of drug-likeness (QED) is 0.234. The first-order chi connectivity index (χ1) is 21.6. The Morgan fingerprint density at radius 1 is 0.957 bits per heavy atom. The molecule has 9 nitrogen and oxygen atoms in total. The van der Waals surface area contributed by atoms with Gasteiger partial charge in [0, 0.05) is 25.3 Å². The molecule has 46 heavy (non-hydrogen) atoms. The van der Waals surface area contributed by atoms with E-state index in [1.807, 2.05) is 0 Å². The number of pyridine rings is 1. The molecule has 2 atom stereocenters. The van der Waals surface area contributed by atoms with E-state index in [-0.39, 0.29) is 35.8 Å². The van der Waals surface area contributed by atoms with Crippen LogP contribution in [-0.2, 0) is 4.79 Å². The van der Waals surface area contributed by atoms with E-state index in [1.54, 1.807) is 6.07 Å². The number of imidazole rings is 1. The van der Waals surface area contributed by atoms with Crippen LogP contribution in [0, 0.1) is 11.8 Å². The number of carbonyl (C=O) groups excluding carboxylic acids is 2. The molecule has 2 fully saturated rings. The Balaban J connectivity index is 1.38. The van der Waals surface area contributed by atoms with Gasteiger partial charge in [-0.1, -0.05) is 6.07 Å². The number of hydrogen-bond acceptors (Lipinski definition) is 6. The summed E-state index contributed by atoms with van der Waals surface area (Å²) in [6, 6.07) is 3.82. The van der Waals surface area contributed by atoms with Crippen molar-refractivity contribution in [2.75, 3.05) is 6.61 Å². The number of hydrogen-bond donors (Lipinski definition) is 2. The number of ether oxygens (including phenoxy) is 1. The smallest absolute Gasteiger partial charge is 0.422 e. The Morgan fingerprint density at radius 2 is 1.65 bits per heavy atom. The second kappa shape index (κ2) is 13.0. The summed E-state index contributed by atoms with van der Waals surface area (Å²) in [7, 11) is 0. The molecule has 3 aromatic heterocycles. The third-order valence-electron chi connectivity index (χ3n) is 7.94. The molecule has 0 aliphatic heterocycles. The average Bonchev–Trinajstić information content (AvgIpc) is 3.74. The molecule has 0 unspecified atom stereocenters. The van der Waals surface area contributed by atoms with Crippen molar-refractivity contribution in [3.8, 4) is 5.88 Å². The van der Waals surface area contributed by atoms with E-state index in [1.165, 1.54) is 29.0 Å². The summed E-state index contributed by atoms with van der Waals surface area (Å²) in [5, 5.41) is 9.75. The molecule has 0 saturated heterocycles. The van der Waals surface area contributed by atoms with Crippen molar-refractivity contribution in [1.82, 2.24) is 30.2 Å². The van der Waals surface area contributed by atoms with Crippen LogP contribution in [0.25, 0.3) is 5.65 Å². The first-order valence-corrected chi connectivity index (χ1v) is 14.6. The maximum absolute atomic E-state index is 14.0. The van der Waals surface area contributed by atoms with E-state index in [9.17, 15) is 44.7 Å². The topological polar surface area (TPSA) is 111 Å². The summed E-state index contributed by atoms with van der Waals surface area (Å²) in [5.74, 6) is -5.32. The van der Waals surface area contributed by atoms with Crippen LogP contribution in [-0.4, -0.2) is 56.3 Å². The molecule has 0 bridgehead atoms. The van der Waals surface area contributed by atoms with Crippen molar-refractivity contribution < 1.29 is 49.4 Å². The Labute approximate surface area is 257 Å². The summed E-state index contributed by atoms with van der Waals surface area (Å²) in [6.07, 6.45) is -7.36. The highest BCUT2D eigenvalue weighted by Gasteiger charge is 2.40. The summed E-state index contributed by atoms with van der Waals surface area (Å²) in [4.78, 5) is 34.0. The first-order valence-electron chi connectivity index (χ1n) is 14.6. The largest absolute Gasteiger partial charge is 0.468 e. The van der Waals surface area contributed by atoms with Gasteiger partial charge in [0.2, 0.25) is 17.7 Å². The van der Waals surface area contributed by atoms with E-state index in [0.717, 1.165) is 18.9 Å². The molecule has 2 amide bonds. The van der Waals surface area contributed by atoms with Crippen molar-refractivity contribution >= 4 is 17.5 Å². The van der Waals surface area contributed by atoms with E-state index in [2.05, 4.69) is 30.4 Å². The highest BCUT2D eigenvalue weighted by Crippen LogP contribution is 2.43. The van der Waals surface area contributed by atoms with Crippen LogP contribution in [0.4, 0.5) is 35.1 Å². The molecule has 2 saturated carbocycles. The van der Waals surface area contributed by atoms with Crippen LogP contribution in [0.15, 0.2) is 36.7 Å².